The minimum atomic E-state index is -0.410. The van der Waals surface area contributed by atoms with Crippen LogP contribution in [0, 0.1) is 20.8 Å². The molecule has 4 rings (SSSR count). The Morgan fingerprint density at radius 3 is 2.47 bits per heavy atom. The first kappa shape index (κ1) is 19.8. The van der Waals surface area contributed by atoms with Gasteiger partial charge in [0.15, 0.2) is 0 Å². The Bertz CT molecular complexity index is 1260. The number of benzene rings is 1. The standard InChI is InChI=1S/C22H25N7O/c1-13-8-7-9-16(10-13)29-18(12-17(26-29)22(4,5)6)24-20(30)19-25-21-23-14(2)11-15(3)28(21)27-19/h7-12H,1-6H3,(H,24,30). The Morgan fingerprint density at radius 2 is 1.77 bits per heavy atom. The maximum absolute atomic E-state index is 13.0. The Hall–Kier alpha value is -3.55. The lowest BCUT2D eigenvalue weighted by Crippen LogP contribution is -2.17. The summed E-state index contributed by atoms with van der Waals surface area (Å²) in [6.45, 7) is 12.1. The maximum Gasteiger partial charge on any atom is 0.296 e. The number of nitrogens with zero attached hydrogens (tertiary/aromatic N) is 6. The second-order valence-electron chi connectivity index (χ2n) is 8.56. The number of anilines is 1. The van der Waals surface area contributed by atoms with Crippen LogP contribution in [0.5, 0.6) is 0 Å². The number of hydrogen-bond acceptors (Lipinski definition) is 5. The van der Waals surface area contributed by atoms with Crippen LogP contribution in [0.15, 0.2) is 36.4 Å². The van der Waals surface area contributed by atoms with Crippen molar-refractivity contribution in [2.45, 2.75) is 47.0 Å². The molecule has 0 saturated heterocycles. The highest BCUT2D eigenvalue weighted by Crippen LogP contribution is 2.26. The molecule has 1 amide bonds. The summed E-state index contributed by atoms with van der Waals surface area (Å²) < 4.78 is 3.31. The van der Waals surface area contributed by atoms with E-state index >= 15 is 0 Å². The molecule has 0 saturated carbocycles. The molecule has 0 unspecified atom stereocenters. The van der Waals surface area contributed by atoms with Crippen molar-refractivity contribution in [2.24, 2.45) is 0 Å². The molecule has 1 aromatic carbocycles. The quantitative estimate of drug-likeness (QED) is 0.562. The molecule has 0 aliphatic heterocycles. The number of aromatic nitrogens is 6. The van der Waals surface area contributed by atoms with Crippen LogP contribution in [-0.2, 0) is 5.41 Å². The van der Waals surface area contributed by atoms with Crippen LogP contribution >= 0.6 is 0 Å². The van der Waals surface area contributed by atoms with Crippen LogP contribution in [0.25, 0.3) is 11.5 Å². The summed E-state index contributed by atoms with van der Waals surface area (Å²) >= 11 is 0. The predicted molar refractivity (Wildman–Crippen MR) is 115 cm³/mol. The number of nitrogens with one attached hydrogen (secondary N) is 1. The SMILES string of the molecule is Cc1cccc(-n2nc(C(C)(C)C)cc2NC(=O)c2nc3nc(C)cc(C)n3n2)c1. The summed E-state index contributed by atoms with van der Waals surface area (Å²) in [4.78, 5) is 21.6. The number of carbonyl (C=O) groups is 1. The third-order valence-electron chi connectivity index (χ3n) is 4.79. The first-order valence-electron chi connectivity index (χ1n) is 9.82. The number of aryl methyl sites for hydroxylation is 3. The zero-order valence-corrected chi connectivity index (χ0v) is 18.1. The first-order chi connectivity index (χ1) is 14.1. The highest BCUT2D eigenvalue weighted by molar-refractivity contribution is 6.01. The molecule has 0 aliphatic rings. The zero-order chi connectivity index (χ0) is 21.6. The van der Waals surface area contributed by atoms with Gasteiger partial charge in [-0.15, -0.1) is 5.10 Å². The molecule has 8 heteroatoms. The molecule has 0 bridgehead atoms. The van der Waals surface area contributed by atoms with Gasteiger partial charge in [0, 0.05) is 22.9 Å². The minimum absolute atomic E-state index is 0.0606. The highest BCUT2D eigenvalue weighted by Gasteiger charge is 2.23. The average molecular weight is 403 g/mol. The van der Waals surface area contributed by atoms with E-state index in [1.165, 1.54) is 0 Å². The Kier molecular flexibility index (Phi) is 4.64. The van der Waals surface area contributed by atoms with Gasteiger partial charge in [-0.05, 0) is 44.5 Å². The van der Waals surface area contributed by atoms with Crippen LogP contribution in [0.4, 0.5) is 5.82 Å². The molecule has 8 nitrogen and oxygen atoms in total. The lowest BCUT2D eigenvalue weighted by atomic mass is 9.92. The Balaban J connectivity index is 1.74. The molecule has 30 heavy (non-hydrogen) atoms. The summed E-state index contributed by atoms with van der Waals surface area (Å²) in [5.74, 6) is 0.618. The van der Waals surface area contributed by atoms with Crippen molar-refractivity contribution in [3.05, 3.63) is 64.9 Å². The lowest BCUT2D eigenvalue weighted by Gasteiger charge is -2.14. The van der Waals surface area contributed by atoms with Crippen LogP contribution in [0.2, 0.25) is 0 Å². The monoisotopic (exact) mass is 403 g/mol. The molecule has 3 aromatic heterocycles. The molecule has 1 N–H and O–H groups in total. The summed E-state index contributed by atoms with van der Waals surface area (Å²) in [5, 5.41) is 12.0. The van der Waals surface area contributed by atoms with Crippen LogP contribution in [-0.4, -0.2) is 35.3 Å². The fourth-order valence-electron chi connectivity index (χ4n) is 3.23. The number of amides is 1. The van der Waals surface area contributed by atoms with Crippen molar-refractivity contribution in [1.29, 1.82) is 0 Å². The van der Waals surface area contributed by atoms with E-state index in [9.17, 15) is 4.79 Å². The van der Waals surface area contributed by atoms with Crippen molar-refractivity contribution in [2.75, 3.05) is 5.32 Å². The summed E-state index contributed by atoms with van der Waals surface area (Å²) in [7, 11) is 0. The third-order valence-corrected chi connectivity index (χ3v) is 4.79. The minimum Gasteiger partial charge on any atom is -0.304 e. The van der Waals surface area contributed by atoms with Gasteiger partial charge in [0.05, 0.1) is 11.4 Å². The van der Waals surface area contributed by atoms with E-state index in [1.54, 1.807) is 9.20 Å². The van der Waals surface area contributed by atoms with E-state index in [2.05, 4.69) is 41.2 Å². The van der Waals surface area contributed by atoms with Crippen LogP contribution < -0.4 is 5.32 Å². The summed E-state index contributed by atoms with van der Waals surface area (Å²) in [5.41, 5.74) is 4.37. The Labute approximate surface area is 175 Å². The molecular weight excluding hydrogens is 378 g/mol. The van der Waals surface area contributed by atoms with E-state index in [1.807, 2.05) is 57.2 Å². The normalized spacial score (nSPS) is 11.8. The van der Waals surface area contributed by atoms with E-state index in [0.29, 0.717) is 11.6 Å². The van der Waals surface area contributed by atoms with E-state index in [0.717, 1.165) is 28.3 Å². The van der Waals surface area contributed by atoms with Gasteiger partial charge in [-0.3, -0.25) is 4.79 Å². The number of hydrogen-bond donors (Lipinski definition) is 1. The van der Waals surface area contributed by atoms with Gasteiger partial charge < -0.3 is 5.32 Å². The molecule has 3 heterocycles. The average Bonchev–Trinajstić information content (AvgIpc) is 3.26. The van der Waals surface area contributed by atoms with Crippen molar-refractivity contribution in [3.63, 3.8) is 0 Å². The van der Waals surface area contributed by atoms with Gasteiger partial charge >= 0.3 is 0 Å². The van der Waals surface area contributed by atoms with E-state index < -0.39 is 5.91 Å². The fourth-order valence-corrected chi connectivity index (χ4v) is 3.23. The molecule has 0 aliphatic carbocycles. The Morgan fingerprint density at radius 1 is 1.00 bits per heavy atom. The smallest absolute Gasteiger partial charge is 0.296 e. The number of rotatable bonds is 3. The third kappa shape index (κ3) is 3.68. The van der Waals surface area contributed by atoms with E-state index in [-0.39, 0.29) is 11.2 Å². The lowest BCUT2D eigenvalue weighted by molar-refractivity contribution is 0.101. The van der Waals surface area contributed by atoms with Gasteiger partial charge in [-0.25, -0.2) is 14.2 Å². The van der Waals surface area contributed by atoms with Gasteiger partial charge in [0.1, 0.15) is 5.82 Å². The molecule has 0 atom stereocenters. The van der Waals surface area contributed by atoms with Gasteiger partial charge in [-0.2, -0.15) is 10.1 Å². The van der Waals surface area contributed by atoms with Crippen molar-refractivity contribution < 1.29 is 4.79 Å². The predicted octanol–water partition coefficient (Wildman–Crippen LogP) is 3.79. The van der Waals surface area contributed by atoms with Gasteiger partial charge in [-0.1, -0.05) is 32.9 Å². The molecule has 0 radical (unpaired) electrons. The van der Waals surface area contributed by atoms with Crippen LogP contribution in [0.3, 0.4) is 0 Å². The van der Waals surface area contributed by atoms with E-state index in [4.69, 9.17) is 5.10 Å². The zero-order valence-electron chi connectivity index (χ0n) is 18.1. The van der Waals surface area contributed by atoms with Crippen molar-refractivity contribution >= 4 is 17.5 Å². The van der Waals surface area contributed by atoms with Crippen molar-refractivity contribution in [3.8, 4) is 5.69 Å². The number of fused-ring (bicyclic) bond motifs is 1. The second kappa shape index (κ2) is 7.05. The molecule has 0 spiro atoms. The number of carbonyl (C=O) groups excluding carboxylic acids is 1. The second-order valence-corrected chi connectivity index (χ2v) is 8.56. The highest BCUT2D eigenvalue weighted by atomic mass is 16.2. The fraction of sp³-hybridized carbons (Fsp3) is 0.318. The molecular formula is C22H25N7O. The molecule has 154 valence electrons. The van der Waals surface area contributed by atoms with Gasteiger partial charge in [0.2, 0.25) is 5.82 Å². The first-order valence-corrected chi connectivity index (χ1v) is 9.82. The van der Waals surface area contributed by atoms with Gasteiger partial charge in [0.25, 0.3) is 11.7 Å². The summed E-state index contributed by atoms with van der Waals surface area (Å²) in [6, 6.07) is 11.8. The van der Waals surface area contributed by atoms with Crippen LogP contribution in [0.1, 0.15) is 54.0 Å². The molecule has 4 aromatic rings. The largest absolute Gasteiger partial charge is 0.304 e. The van der Waals surface area contributed by atoms with Crippen molar-refractivity contribution in [1.82, 2.24) is 29.4 Å². The summed E-state index contributed by atoms with van der Waals surface area (Å²) in [6.07, 6.45) is 0. The molecule has 0 fully saturated rings. The topological polar surface area (TPSA) is 90.0 Å². The maximum atomic E-state index is 13.0.